The summed E-state index contributed by atoms with van der Waals surface area (Å²) in [6, 6.07) is 6.10. The van der Waals surface area contributed by atoms with Gasteiger partial charge in [-0.3, -0.25) is 4.98 Å². The Balaban J connectivity index is 2.07. The van der Waals surface area contributed by atoms with Gasteiger partial charge in [-0.05, 0) is 32.0 Å². The molecule has 1 aromatic heterocycles. The summed E-state index contributed by atoms with van der Waals surface area (Å²) in [7, 11) is 2.04. The number of aromatic nitrogens is 1. The average Bonchev–Trinajstić information content (AvgIpc) is 2.32. The van der Waals surface area contributed by atoms with Gasteiger partial charge in [-0.2, -0.15) is 0 Å². The van der Waals surface area contributed by atoms with Crippen LogP contribution in [0.1, 0.15) is 18.5 Å². The van der Waals surface area contributed by atoms with Crippen LogP contribution in [0.3, 0.4) is 0 Å². The molecule has 0 radical (unpaired) electrons. The highest BCUT2D eigenvalue weighted by Gasteiger charge is 2.31. The fraction of sp³-hybridized carbons (Fsp3) is 0.583. The number of hydrogen-bond acceptors (Lipinski definition) is 3. The second-order valence-electron chi connectivity index (χ2n) is 4.14. The summed E-state index contributed by atoms with van der Waals surface area (Å²) in [4.78, 5) is 4.39. The molecule has 82 valence electrons. The summed E-state index contributed by atoms with van der Waals surface area (Å²) in [5.74, 6) is 0. The Bertz CT molecular complexity index is 294. The van der Waals surface area contributed by atoms with Crippen LogP contribution in [0, 0.1) is 0 Å². The molecule has 1 fully saturated rings. The predicted molar refractivity (Wildman–Crippen MR) is 59.8 cm³/mol. The van der Waals surface area contributed by atoms with Crippen molar-refractivity contribution in [3.63, 3.8) is 0 Å². The van der Waals surface area contributed by atoms with E-state index in [9.17, 15) is 0 Å². The maximum absolute atomic E-state index is 5.40. The third-order valence-electron chi connectivity index (χ3n) is 3.23. The van der Waals surface area contributed by atoms with E-state index in [0.717, 1.165) is 38.2 Å². The van der Waals surface area contributed by atoms with Crippen LogP contribution in [0.25, 0.3) is 0 Å². The van der Waals surface area contributed by atoms with Gasteiger partial charge in [0.05, 0.1) is 0 Å². The second kappa shape index (κ2) is 4.73. The van der Waals surface area contributed by atoms with E-state index in [1.807, 2.05) is 25.4 Å². The Kier molecular flexibility index (Phi) is 3.34. The van der Waals surface area contributed by atoms with Crippen LogP contribution in [0.4, 0.5) is 0 Å². The third-order valence-corrected chi connectivity index (χ3v) is 3.23. The first-order chi connectivity index (χ1) is 7.35. The quantitative estimate of drug-likeness (QED) is 0.811. The highest BCUT2D eigenvalue weighted by molar-refractivity contribution is 5.09. The van der Waals surface area contributed by atoms with Gasteiger partial charge in [-0.1, -0.05) is 6.07 Å². The Labute approximate surface area is 90.9 Å². The summed E-state index contributed by atoms with van der Waals surface area (Å²) in [5.41, 5.74) is 1.35. The van der Waals surface area contributed by atoms with Crippen molar-refractivity contribution in [2.24, 2.45) is 0 Å². The molecule has 1 N–H and O–H groups in total. The van der Waals surface area contributed by atoms with E-state index in [0.29, 0.717) is 0 Å². The van der Waals surface area contributed by atoms with Gasteiger partial charge in [0.1, 0.15) is 0 Å². The van der Waals surface area contributed by atoms with Crippen LogP contribution in [-0.4, -0.2) is 30.8 Å². The third kappa shape index (κ3) is 2.55. The lowest BCUT2D eigenvalue weighted by Crippen LogP contribution is -2.49. The van der Waals surface area contributed by atoms with Crippen molar-refractivity contribution >= 4 is 0 Å². The SMILES string of the molecule is CNC1(Cc2ccccn2)CCOCC1. The molecule has 15 heavy (non-hydrogen) atoms. The van der Waals surface area contributed by atoms with E-state index < -0.39 is 0 Å². The summed E-state index contributed by atoms with van der Waals surface area (Å²) in [5, 5.41) is 3.45. The summed E-state index contributed by atoms with van der Waals surface area (Å²) >= 11 is 0. The van der Waals surface area contributed by atoms with Gasteiger partial charge in [0.2, 0.25) is 0 Å². The average molecular weight is 206 g/mol. The van der Waals surface area contributed by atoms with Gasteiger partial charge in [0.25, 0.3) is 0 Å². The highest BCUT2D eigenvalue weighted by Crippen LogP contribution is 2.23. The summed E-state index contributed by atoms with van der Waals surface area (Å²) in [6.07, 6.45) is 4.99. The number of likely N-dealkylation sites (N-methyl/N-ethyl adjacent to an activating group) is 1. The number of hydrogen-bond donors (Lipinski definition) is 1. The van der Waals surface area contributed by atoms with Gasteiger partial charge in [-0.15, -0.1) is 0 Å². The fourth-order valence-electron chi connectivity index (χ4n) is 2.13. The van der Waals surface area contributed by atoms with Crippen molar-refractivity contribution in [1.29, 1.82) is 0 Å². The second-order valence-corrected chi connectivity index (χ2v) is 4.14. The Hall–Kier alpha value is -0.930. The molecule has 0 amide bonds. The topological polar surface area (TPSA) is 34.2 Å². The van der Waals surface area contributed by atoms with Crippen LogP contribution < -0.4 is 5.32 Å². The van der Waals surface area contributed by atoms with Gasteiger partial charge < -0.3 is 10.1 Å². The van der Waals surface area contributed by atoms with Crippen LogP contribution in [-0.2, 0) is 11.2 Å². The van der Waals surface area contributed by atoms with E-state index >= 15 is 0 Å². The molecule has 3 nitrogen and oxygen atoms in total. The molecule has 0 aromatic carbocycles. The lowest BCUT2D eigenvalue weighted by Gasteiger charge is -2.36. The number of nitrogens with zero attached hydrogens (tertiary/aromatic N) is 1. The van der Waals surface area contributed by atoms with Crippen LogP contribution in [0.15, 0.2) is 24.4 Å². The maximum Gasteiger partial charge on any atom is 0.0483 e. The molecule has 0 saturated carbocycles. The molecule has 2 heterocycles. The molecule has 0 unspecified atom stereocenters. The molecule has 2 rings (SSSR count). The number of nitrogens with one attached hydrogen (secondary N) is 1. The van der Waals surface area contributed by atoms with E-state index in [4.69, 9.17) is 4.74 Å². The monoisotopic (exact) mass is 206 g/mol. The lowest BCUT2D eigenvalue weighted by atomic mass is 9.85. The zero-order chi connectivity index (χ0) is 10.6. The fourth-order valence-corrected chi connectivity index (χ4v) is 2.13. The molecule has 1 saturated heterocycles. The van der Waals surface area contributed by atoms with Crippen LogP contribution in [0.2, 0.25) is 0 Å². The van der Waals surface area contributed by atoms with Crippen molar-refractivity contribution in [1.82, 2.24) is 10.3 Å². The van der Waals surface area contributed by atoms with Crippen molar-refractivity contribution < 1.29 is 4.74 Å². The van der Waals surface area contributed by atoms with Gasteiger partial charge in [0, 0.05) is 37.1 Å². The molecular weight excluding hydrogens is 188 g/mol. The normalized spacial score (nSPS) is 20.1. The Morgan fingerprint density at radius 2 is 2.20 bits per heavy atom. The van der Waals surface area contributed by atoms with Gasteiger partial charge in [0.15, 0.2) is 0 Å². The van der Waals surface area contributed by atoms with Crippen molar-refractivity contribution in [2.45, 2.75) is 24.8 Å². The molecule has 1 aliphatic rings. The number of pyridine rings is 1. The Morgan fingerprint density at radius 1 is 1.40 bits per heavy atom. The first-order valence-electron chi connectivity index (χ1n) is 5.51. The van der Waals surface area contributed by atoms with E-state index in [2.05, 4.69) is 16.4 Å². The first kappa shape index (κ1) is 10.6. The number of rotatable bonds is 3. The zero-order valence-electron chi connectivity index (χ0n) is 9.20. The van der Waals surface area contributed by atoms with E-state index in [1.165, 1.54) is 0 Å². The van der Waals surface area contributed by atoms with Crippen molar-refractivity contribution in [3.8, 4) is 0 Å². The van der Waals surface area contributed by atoms with Crippen molar-refractivity contribution in [3.05, 3.63) is 30.1 Å². The van der Waals surface area contributed by atoms with Crippen LogP contribution in [0.5, 0.6) is 0 Å². The summed E-state index contributed by atoms with van der Waals surface area (Å²) < 4.78 is 5.40. The van der Waals surface area contributed by atoms with Crippen molar-refractivity contribution in [2.75, 3.05) is 20.3 Å². The molecule has 0 spiro atoms. The minimum Gasteiger partial charge on any atom is -0.381 e. The maximum atomic E-state index is 5.40. The lowest BCUT2D eigenvalue weighted by molar-refractivity contribution is 0.0409. The van der Waals surface area contributed by atoms with E-state index in [-0.39, 0.29) is 5.54 Å². The number of ether oxygens (including phenoxy) is 1. The largest absolute Gasteiger partial charge is 0.381 e. The minimum absolute atomic E-state index is 0.187. The predicted octanol–water partition coefficient (Wildman–Crippen LogP) is 1.39. The molecule has 3 heteroatoms. The van der Waals surface area contributed by atoms with Gasteiger partial charge in [-0.25, -0.2) is 0 Å². The molecule has 0 atom stereocenters. The Morgan fingerprint density at radius 3 is 2.80 bits per heavy atom. The summed E-state index contributed by atoms with van der Waals surface area (Å²) in [6.45, 7) is 1.71. The first-order valence-corrected chi connectivity index (χ1v) is 5.51. The molecule has 0 aliphatic carbocycles. The molecule has 1 aromatic rings. The smallest absolute Gasteiger partial charge is 0.0483 e. The highest BCUT2D eigenvalue weighted by atomic mass is 16.5. The van der Waals surface area contributed by atoms with Gasteiger partial charge >= 0.3 is 0 Å². The molecule has 1 aliphatic heterocycles. The van der Waals surface area contributed by atoms with E-state index in [1.54, 1.807) is 0 Å². The van der Waals surface area contributed by atoms with Crippen LogP contribution >= 0.6 is 0 Å². The minimum atomic E-state index is 0.187. The zero-order valence-corrected chi connectivity index (χ0v) is 9.20. The molecular formula is C12H18N2O. The molecule has 0 bridgehead atoms. The standard InChI is InChI=1S/C12H18N2O/c1-13-12(5-8-15-9-6-12)10-11-4-2-3-7-14-11/h2-4,7,13H,5-6,8-10H2,1H3.